The van der Waals surface area contributed by atoms with Crippen molar-refractivity contribution in [2.75, 3.05) is 6.61 Å². The molecular formula is C27H22ClN3O4. The number of hydrogen-bond acceptors (Lipinski definition) is 5. The van der Waals surface area contributed by atoms with Crippen molar-refractivity contribution < 1.29 is 19.1 Å². The average Bonchev–Trinajstić information content (AvgIpc) is 2.86. The molecular weight excluding hydrogens is 466 g/mol. The summed E-state index contributed by atoms with van der Waals surface area (Å²) in [5, 5.41) is 5.88. The number of aromatic nitrogens is 1. The Kier molecular flexibility index (Phi) is 7.38. The number of halogens is 1. The molecule has 0 spiro atoms. The number of carbonyl (C=O) groups excluding carboxylic acids is 3. The zero-order valence-electron chi connectivity index (χ0n) is 18.9. The van der Waals surface area contributed by atoms with Gasteiger partial charge in [-0.25, -0.2) is 14.6 Å². The number of carbonyl (C=O) groups is 3. The number of nitrogens with one attached hydrogen (secondary N) is 2. The number of esters is 1. The predicted octanol–water partition coefficient (Wildman–Crippen LogP) is 5.05. The fourth-order valence-electron chi connectivity index (χ4n) is 3.68. The van der Waals surface area contributed by atoms with Gasteiger partial charge in [0.2, 0.25) is 0 Å². The Bertz CT molecular complexity index is 1410. The van der Waals surface area contributed by atoms with Crippen molar-refractivity contribution in [2.24, 2.45) is 0 Å². The van der Waals surface area contributed by atoms with E-state index in [1.807, 2.05) is 42.5 Å². The summed E-state index contributed by atoms with van der Waals surface area (Å²) in [6.07, 6.45) is 0. The fraction of sp³-hybridized carbons (Fsp3) is 0.111. The average molecular weight is 488 g/mol. The molecule has 0 saturated carbocycles. The number of fused-ring (bicyclic) bond motifs is 1. The number of pyridine rings is 1. The standard InChI is InChI=1S/C27H22ClN3O4/c1-17-24(21-12-5-6-13-22(21)30-25(17)19-10-7-11-20(28)14-19)26(33)35-16-23(32)31-27(34)29-15-18-8-3-2-4-9-18/h2-14H,15-16H2,1H3,(H2,29,31,32,34). The van der Waals surface area contributed by atoms with E-state index < -0.39 is 24.5 Å². The van der Waals surface area contributed by atoms with Crippen LogP contribution in [0.15, 0.2) is 78.9 Å². The molecule has 4 aromatic rings. The van der Waals surface area contributed by atoms with Crippen molar-refractivity contribution >= 4 is 40.4 Å². The van der Waals surface area contributed by atoms with Crippen LogP contribution in [-0.2, 0) is 16.1 Å². The van der Waals surface area contributed by atoms with E-state index in [0.29, 0.717) is 32.7 Å². The molecule has 7 nitrogen and oxygen atoms in total. The van der Waals surface area contributed by atoms with Gasteiger partial charge in [0.1, 0.15) is 0 Å². The van der Waals surface area contributed by atoms with Crippen molar-refractivity contribution in [3.8, 4) is 11.3 Å². The Morgan fingerprint density at radius 3 is 2.46 bits per heavy atom. The molecule has 8 heteroatoms. The molecule has 176 valence electrons. The van der Waals surface area contributed by atoms with E-state index in [1.54, 1.807) is 43.3 Å². The quantitative estimate of drug-likeness (QED) is 0.371. The Morgan fingerprint density at radius 1 is 0.943 bits per heavy atom. The fourth-order valence-corrected chi connectivity index (χ4v) is 3.87. The lowest BCUT2D eigenvalue weighted by molar-refractivity contribution is -0.123. The lowest BCUT2D eigenvalue weighted by atomic mass is 9.98. The van der Waals surface area contributed by atoms with Crippen LogP contribution >= 0.6 is 11.6 Å². The van der Waals surface area contributed by atoms with Gasteiger partial charge < -0.3 is 10.1 Å². The molecule has 0 aliphatic carbocycles. The summed E-state index contributed by atoms with van der Waals surface area (Å²) < 4.78 is 5.27. The summed E-state index contributed by atoms with van der Waals surface area (Å²) in [6.45, 7) is 1.41. The van der Waals surface area contributed by atoms with E-state index in [2.05, 4.69) is 10.6 Å². The SMILES string of the molecule is Cc1c(-c2cccc(Cl)c2)nc2ccccc2c1C(=O)OCC(=O)NC(=O)NCc1ccccc1. The minimum Gasteiger partial charge on any atom is -0.452 e. The van der Waals surface area contributed by atoms with Gasteiger partial charge in [-0.2, -0.15) is 0 Å². The van der Waals surface area contributed by atoms with Gasteiger partial charge in [-0.1, -0.05) is 72.3 Å². The number of imide groups is 1. The smallest absolute Gasteiger partial charge is 0.339 e. The second-order valence-electron chi connectivity index (χ2n) is 7.78. The minimum absolute atomic E-state index is 0.258. The lowest BCUT2D eigenvalue weighted by Crippen LogP contribution is -2.41. The molecule has 2 N–H and O–H groups in total. The zero-order chi connectivity index (χ0) is 24.8. The van der Waals surface area contributed by atoms with Gasteiger partial charge in [0, 0.05) is 22.5 Å². The summed E-state index contributed by atoms with van der Waals surface area (Å²) in [6, 6.07) is 23.0. The maximum absolute atomic E-state index is 13.1. The first-order chi connectivity index (χ1) is 16.9. The predicted molar refractivity (Wildman–Crippen MR) is 134 cm³/mol. The summed E-state index contributed by atoms with van der Waals surface area (Å²) >= 11 is 6.15. The van der Waals surface area contributed by atoms with Crippen molar-refractivity contribution in [3.63, 3.8) is 0 Å². The normalized spacial score (nSPS) is 10.6. The molecule has 0 aliphatic heterocycles. The number of nitrogens with zero attached hydrogens (tertiary/aromatic N) is 1. The van der Waals surface area contributed by atoms with Crippen LogP contribution in [0.4, 0.5) is 4.79 Å². The van der Waals surface area contributed by atoms with Gasteiger partial charge in [-0.15, -0.1) is 0 Å². The summed E-state index contributed by atoms with van der Waals surface area (Å²) in [5.74, 6) is -1.43. The molecule has 0 fully saturated rings. The Morgan fingerprint density at radius 2 is 1.69 bits per heavy atom. The van der Waals surface area contributed by atoms with Crippen LogP contribution in [0, 0.1) is 6.92 Å². The number of benzene rings is 3. The van der Waals surface area contributed by atoms with Crippen LogP contribution in [0.5, 0.6) is 0 Å². The van der Waals surface area contributed by atoms with Crippen LogP contribution in [0.2, 0.25) is 5.02 Å². The first-order valence-electron chi connectivity index (χ1n) is 10.9. The molecule has 35 heavy (non-hydrogen) atoms. The second-order valence-corrected chi connectivity index (χ2v) is 8.22. The Labute approximate surface area is 207 Å². The van der Waals surface area contributed by atoms with E-state index >= 15 is 0 Å². The maximum Gasteiger partial charge on any atom is 0.339 e. The summed E-state index contributed by atoms with van der Waals surface area (Å²) in [7, 11) is 0. The van der Waals surface area contributed by atoms with Gasteiger partial charge in [-0.3, -0.25) is 10.1 Å². The highest BCUT2D eigenvalue weighted by atomic mass is 35.5. The summed E-state index contributed by atoms with van der Waals surface area (Å²) in [4.78, 5) is 42.0. The number of amides is 3. The van der Waals surface area contributed by atoms with Gasteiger partial charge >= 0.3 is 12.0 Å². The van der Waals surface area contributed by atoms with Crippen molar-refractivity contribution in [3.05, 3.63) is 101 Å². The molecule has 0 bridgehead atoms. The van der Waals surface area contributed by atoms with E-state index in [4.69, 9.17) is 21.3 Å². The van der Waals surface area contributed by atoms with Gasteiger partial charge in [0.05, 0.1) is 16.8 Å². The van der Waals surface area contributed by atoms with Gasteiger partial charge in [0.25, 0.3) is 5.91 Å². The highest BCUT2D eigenvalue weighted by molar-refractivity contribution is 6.30. The molecule has 1 heterocycles. The lowest BCUT2D eigenvalue weighted by Gasteiger charge is -2.14. The van der Waals surface area contributed by atoms with Gasteiger partial charge in [-0.05, 0) is 36.2 Å². The first-order valence-corrected chi connectivity index (χ1v) is 11.2. The third kappa shape index (κ3) is 5.83. The van der Waals surface area contributed by atoms with Crippen LogP contribution < -0.4 is 10.6 Å². The van der Waals surface area contributed by atoms with Crippen molar-refractivity contribution in [2.45, 2.75) is 13.5 Å². The number of para-hydroxylation sites is 1. The number of rotatable bonds is 6. The molecule has 0 radical (unpaired) electrons. The number of urea groups is 1. The number of ether oxygens (including phenoxy) is 1. The first kappa shape index (κ1) is 23.9. The molecule has 3 aromatic carbocycles. The van der Waals surface area contributed by atoms with E-state index in [-0.39, 0.29) is 6.54 Å². The molecule has 0 atom stereocenters. The molecule has 0 unspecified atom stereocenters. The molecule has 0 aliphatic rings. The molecule has 1 aromatic heterocycles. The van der Waals surface area contributed by atoms with Crippen LogP contribution in [0.3, 0.4) is 0 Å². The molecule has 0 saturated heterocycles. The van der Waals surface area contributed by atoms with Crippen molar-refractivity contribution in [1.82, 2.24) is 15.6 Å². The highest BCUT2D eigenvalue weighted by Gasteiger charge is 2.21. The van der Waals surface area contributed by atoms with E-state index in [1.165, 1.54) is 0 Å². The maximum atomic E-state index is 13.1. The van der Waals surface area contributed by atoms with Gasteiger partial charge in [0.15, 0.2) is 6.61 Å². The largest absolute Gasteiger partial charge is 0.452 e. The van der Waals surface area contributed by atoms with Crippen LogP contribution in [0.1, 0.15) is 21.5 Å². The minimum atomic E-state index is -0.741. The zero-order valence-corrected chi connectivity index (χ0v) is 19.6. The van der Waals surface area contributed by atoms with Crippen LogP contribution in [-0.4, -0.2) is 29.5 Å². The highest BCUT2D eigenvalue weighted by Crippen LogP contribution is 2.31. The van der Waals surface area contributed by atoms with Crippen LogP contribution in [0.25, 0.3) is 22.2 Å². The topological polar surface area (TPSA) is 97.4 Å². The van der Waals surface area contributed by atoms with E-state index in [9.17, 15) is 14.4 Å². The Hall–Kier alpha value is -4.23. The summed E-state index contributed by atoms with van der Waals surface area (Å²) in [5.41, 5.74) is 3.72. The third-order valence-corrected chi connectivity index (χ3v) is 5.56. The molecule has 4 rings (SSSR count). The molecule has 3 amide bonds. The van der Waals surface area contributed by atoms with Crippen molar-refractivity contribution in [1.29, 1.82) is 0 Å². The second kappa shape index (κ2) is 10.8. The number of hydrogen-bond donors (Lipinski definition) is 2. The third-order valence-electron chi connectivity index (χ3n) is 5.32. The monoisotopic (exact) mass is 487 g/mol. The van der Waals surface area contributed by atoms with E-state index in [0.717, 1.165) is 11.1 Å². The Balaban J connectivity index is 1.48.